The van der Waals surface area contributed by atoms with Gasteiger partial charge in [-0.25, -0.2) is 0 Å². The summed E-state index contributed by atoms with van der Waals surface area (Å²) in [7, 11) is 4.34. The van der Waals surface area contributed by atoms with Gasteiger partial charge in [0.05, 0.1) is 76.2 Å². The van der Waals surface area contributed by atoms with Gasteiger partial charge in [0.1, 0.15) is 0 Å². The predicted octanol–water partition coefficient (Wildman–Crippen LogP) is -0.911. The standard InChI is InChI=1S/C19H34N2O4/c1-14(2)24-16(22)7-18-9-19(12-20(5)10-18,13-21(6)11-18)8-17(23)25-15(3)4/h14-15H,7-13H2,1-6H3/p+2. The molecule has 2 heterocycles. The second kappa shape index (κ2) is 7.62. The Kier molecular flexibility index (Phi) is 6.15. The zero-order valence-electron chi connectivity index (χ0n) is 16.7. The van der Waals surface area contributed by atoms with Gasteiger partial charge in [-0.2, -0.15) is 0 Å². The third kappa shape index (κ3) is 5.42. The van der Waals surface area contributed by atoms with Gasteiger partial charge < -0.3 is 19.3 Å². The minimum atomic E-state index is -0.113. The van der Waals surface area contributed by atoms with Gasteiger partial charge in [-0.3, -0.25) is 9.59 Å². The molecule has 2 aliphatic rings. The van der Waals surface area contributed by atoms with Crippen LogP contribution in [0.15, 0.2) is 0 Å². The normalized spacial score (nSPS) is 34.9. The number of hydrogen-bond donors (Lipinski definition) is 2. The van der Waals surface area contributed by atoms with Crippen LogP contribution in [0.25, 0.3) is 0 Å². The minimum Gasteiger partial charge on any atom is -0.463 e. The Morgan fingerprint density at radius 3 is 1.40 bits per heavy atom. The van der Waals surface area contributed by atoms with E-state index >= 15 is 0 Å². The van der Waals surface area contributed by atoms with Gasteiger partial charge in [0.2, 0.25) is 0 Å². The third-order valence-corrected chi connectivity index (χ3v) is 5.23. The number of piperidine rings is 2. The van der Waals surface area contributed by atoms with Crippen LogP contribution < -0.4 is 9.80 Å². The van der Waals surface area contributed by atoms with Gasteiger partial charge in [0.15, 0.2) is 0 Å². The molecular weight excluding hydrogens is 320 g/mol. The van der Waals surface area contributed by atoms with E-state index in [1.807, 2.05) is 27.7 Å². The average Bonchev–Trinajstić information content (AvgIpc) is 2.31. The lowest BCUT2D eigenvalue weighted by Crippen LogP contribution is -3.22. The lowest BCUT2D eigenvalue weighted by atomic mass is 9.61. The summed E-state index contributed by atoms with van der Waals surface area (Å²) in [6.45, 7) is 11.4. The number of nitrogens with one attached hydrogen (secondary N) is 2. The van der Waals surface area contributed by atoms with Gasteiger partial charge >= 0.3 is 11.9 Å². The first kappa shape index (κ1) is 20.2. The summed E-state index contributed by atoms with van der Waals surface area (Å²) in [6, 6.07) is 0. The maximum atomic E-state index is 12.4. The molecule has 0 atom stereocenters. The van der Waals surface area contributed by atoms with Crippen molar-refractivity contribution >= 4 is 11.9 Å². The van der Waals surface area contributed by atoms with E-state index in [-0.39, 0.29) is 35.0 Å². The Labute approximate surface area is 151 Å². The molecule has 6 nitrogen and oxygen atoms in total. The predicted molar refractivity (Wildman–Crippen MR) is 94.4 cm³/mol. The molecule has 0 amide bonds. The maximum Gasteiger partial charge on any atom is 0.307 e. The number of esters is 2. The lowest BCUT2D eigenvalue weighted by Gasteiger charge is -2.52. The largest absolute Gasteiger partial charge is 0.463 e. The molecule has 0 spiro atoms. The Hall–Kier alpha value is -1.14. The maximum absolute atomic E-state index is 12.4. The van der Waals surface area contributed by atoms with Gasteiger partial charge in [-0.05, 0) is 34.1 Å². The highest BCUT2D eigenvalue weighted by Gasteiger charge is 2.58. The van der Waals surface area contributed by atoms with Crippen molar-refractivity contribution in [1.29, 1.82) is 0 Å². The summed E-state index contributed by atoms with van der Waals surface area (Å²) in [5.41, 5.74) is -0.177. The smallest absolute Gasteiger partial charge is 0.307 e. The monoisotopic (exact) mass is 356 g/mol. The summed E-state index contributed by atoms with van der Waals surface area (Å²) in [5, 5.41) is 0. The Morgan fingerprint density at radius 1 is 0.800 bits per heavy atom. The van der Waals surface area contributed by atoms with E-state index in [1.165, 1.54) is 9.80 Å². The first-order valence-electron chi connectivity index (χ1n) is 9.55. The number of quaternary nitrogens is 2. The van der Waals surface area contributed by atoms with Crippen molar-refractivity contribution in [3.05, 3.63) is 0 Å². The molecule has 0 radical (unpaired) electrons. The third-order valence-electron chi connectivity index (χ3n) is 5.23. The second-order valence-electron chi connectivity index (χ2n) is 9.23. The van der Waals surface area contributed by atoms with Crippen LogP contribution in [0.4, 0.5) is 0 Å². The number of hydrogen-bond acceptors (Lipinski definition) is 4. The van der Waals surface area contributed by atoms with E-state index in [0.717, 1.165) is 32.6 Å². The summed E-state index contributed by atoms with van der Waals surface area (Å²) < 4.78 is 10.9. The first-order valence-corrected chi connectivity index (χ1v) is 9.55. The molecule has 0 saturated carbocycles. The van der Waals surface area contributed by atoms with Crippen LogP contribution in [-0.2, 0) is 19.1 Å². The minimum absolute atomic E-state index is 0.0861. The fourth-order valence-electron chi connectivity index (χ4n) is 5.45. The molecular formula is C19H36N2O4+2. The van der Waals surface area contributed by atoms with E-state index in [9.17, 15) is 9.59 Å². The van der Waals surface area contributed by atoms with Gasteiger partial charge in [-0.1, -0.05) is 0 Å². The van der Waals surface area contributed by atoms with Gasteiger partial charge in [0, 0.05) is 0 Å². The fraction of sp³-hybridized carbons (Fsp3) is 0.895. The van der Waals surface area contributed by atoms with Crippen LogP contribution >= 0.6 is 0 Å². The van der Waals surface area contributed by atoms with E-state index in [1.54, 1.807) is 0 Å². The van der Waals surface area contributed by atoms with Crippen molar-refractivity contribution < 1.29 is 28.9 Å². The Balaban J connectivity index is 2.18. The van der Waals surface area contributed by atoms with Crippen LogP contribution in [0.2, 0.25) is 0 Å². The molecule has 0 aromatic carbocycles. The first-order chi connectivity index (χ1) is 11.5. The number of fused-ring (bicyclic) bond motifs is 2. The van der Waals surface area contributed by atoms with Crippen molar-refractivity contribution in [3.8, 4) is 0 Å². The molecule has 2 rings (SSSR count). The van der Waals surface area contributed by atoms with Crippen molar-refractivity contribution in [2.75, 3.05) is 40.3 Å². The van der Waals surface area contributed by atoms with Gasteiger partial charge in [-0.15, -0.1) is 0 Å². The van der Waals surface area contributed by atoms with E-state index in [0.29, 0.717) is 12.8 Å². The van der Waals surface area contributed by atoms with E-state index in [2.05, 4.69) is 14.1 Å². The summed E-state index contributed by atoms with van der Waals surface area (Å²) >= 11 is 0. The zero-order valence-corrected chi connectivity index (χ0v) is 16.7. The quantitative estimate of drug-likeness (QED) is 0.605. The average molecular weight is 357 g/mol. The van der Waals surface area contributed by atoms with Crippen LogP contribution in [-0.4, -0.2) is 64.4 Å². The van der Waals surface area contributed by atoms with Crippen LogP contribution in [0.1, 0.15) is 47.0 Å². The molecule has 6 heteroatoms. The molecule has 144 valence electrons. The highest BCUT2D eigenvalue weighted by atomic mass is 16.5. The van der Waals surface area contributed by atoms with Crippen LogP contribution in [0, 0.1) is 10.8 Å². The zero-order chi connectivity index (χ0) is 18.8. The molecule has 0 aromatic heterocycles. The number of likely N-dealkylation sites (tertiary alicyclic amines) is 2. The molecule has 2 saturated heterocycles. The number of carbonyl (C=O) groups is 2. The topological polar surface area (TPSA) is 61.5 Å². The Bertz CT molecular complexity index is 448. The highest BCUT2D eigenvalue weighted by molar-refractivity contribution is 5.71. The molecule has 0 aromatic rings. The van der Waals surface area contributed by atoms with E-state index < -0.39 is 0 Å². The van der Waals surface area contributed by atoms with Crippen LogP contribution in [0.5, 0.6) is 0 Å². The summed E-state index contributed by atoms with van der Waals surface area (Å²) in [6.07, 6.45) is 1.63. The molecule has 2 aliphatic heterocycles. The summed E-state index contributed by atoms with van der Waals surface area (Å²) in [4.78, 5) is 27.5. The number of rotatable bonds is 6. The fourth-order valence-corrected chi connectivity index (χ4v) is 5.45. The van der Waals surface area contributed by atoms with Crippen LogP contribution in [0.3, 0.4) is 0 Å². The van der Waals surface area contributed by atoms with Crippen molar-refractivity contribution in [2.45, 2.75) is 59.2 Å². The Morgan fingerprint density at radius 2 is 1.12 bits per heavy atom. The molecule has 2 N–H and O–H groups in total. The molecule has 2 bridgehead atoms. The summed E-state index contributed by atoms with van der Waals surface area (Å²) in [5.74, 6) is -0.226. The van der Waals surface area contributed by atoms with Crippen molar-refractivity contribution in [1.82, 2.24) is 0 Å². The SMILES string of the molecule is CC(C)OC(=O)CC12C[NH+](C)CC(CC(=O)OC(C)C)(C[NH+](C)C1)C2. The lowest BCUT2D eigenvalue weighted by molar-refractivity contribution is -0.956. The second-order valence-corrected chi connectivity index (χ2v) is 9.23. The van der Waals surface area contributed by atoms with Crippen molar-refractivity contribution in [2.24, 2.45) is 10.8 Å². The molecule has 25 heavy (non-hydrogen) atoms. The van der Waals surface area contributed by atoms with Gasteiger partial charge in [0.25, 0.3) is 0 Å². The molecule has 2 fully saturated rings. The van der Waals surface area contributed by atoms with E-state index in [4.69, 9.17) is 9.47 Å². The number of carbonyl (C=O) groups excluding carboxylic acids is 2. The highest BCUT2D eigenvalue weighted by Crippen LogP contribution is 2.42. The molecule has 0 unspecified atom stereocenters. The molecule has 0 aliphatic carbocycles. The number of ether oxygens (including phenoxy) is 2. The van der Waals surface area contributed by atoms with Crippen molar-refractivity contribution in [3.63, 3.8) is 0 Å².